The number of halogens is 1. The van der Waals surface area contributed by atoms with Crippen LogP contribution in [0.1, 0.15) is 74.7 Å². The molecule has 1 aromatic carbocycles. The summed E-state index contributed by atoms with van der Waals surface area (Å²) in [7, 11) is 1.50. The largest absolute Gasteiger partial charge is 0.469 e. The molecule has 1 aromatic rings. The second kappa shape index (κ2) is 6.43. The zero-order valence-corrected chi connectivity index (χ0v) is 18.1. The van der Waals surface area contributed by atoms with Crippen molar-refractivity contribution >= 4 is 27.7 Å². The van der Waals surface area contributed by atoms with Crippen molar-refractivity contribution in [1.29, 1.82) is 0 Å². The first kappa shape index (κ1) is 19.2. The van der Waals surface area contributed by atoms with E-state index in [1.165, 1.54) is 44.8 Å². The molecule has 0 aliphatic heterocycles. The van der Waals surface area contributed by atoms with Crippen LogP contribution in [0.2, 0.25) is 0 Å². The van der Waals surface area contributed by atoms with Crippen molar-refractivity contribution in [3.63, 3.8) is 0 Å². The predicted octanol–water partition coefficient (Wildman–Crippen LogP) is 5.44. The monoisotopic (exact) mass is 432 g/mol. The lowest BCUT2D eigenvalue weighted by molar-refractivity contribution is -0.150. The summed E-state index contributed by atoms with van der Waals surface area (Å²) in [5.41, 5.74) is 2.40. The quantitative estimate of drug-likeness (QED) is 0.353. The van der Waals surface area contributed by atoms with Crippen molar-refractivity contribution in [2.75, 3.05) is 7.11 Å². The molecule has 0 heterocycles. The number of hydrogen-bond donors (Lipinski definition) is 0. The van der Waals surface area contributed by atoms with E-state index in [0.29, 0.717) is 6.42 Å². The van der Waals surface area contributed by atoms with Gasteiger partial charge in [0.2, 0.25) is 0 Å². The topological polar surface area (TPSA) is 43.4 Å². The third kappa shape index (κ3) is 3.39. The molecular formula is C23H29BrO3. The van der Waals surface area contributed by atoms with Crippen molar-refractivity contribution in [2.45, 2.75) is 68.5 Å². The van der Waals surface area contributed by atoms with Crippen molar-refractivity contribution < 1.29 is 14.3 Å². The minimum Gasteiger partial charge on any atom is -0.469 e. The Morgan fingerprint density at radius 1 is 1.11 bits per heavy atom. The molecule has 4 bridgehead atoms. The number of carbonyl (C=O) groups is 2. The number of alkyl halides is 1. The Labute approximate surface area is 170 Å². The summed E-state index contributed by atoms with van der Waals surface area (Å²) >= 11 is 3.47. The average Bonchev–Trinajstić information content (AvgIpc) is 2.58. The molecule has 0 aromatic heterocycles. The fourth-order valence-electron chi connectivity index (χ4n) is 6.69. The van der Waals surface area contributed by atoms with Gasteiger partial charge in [-0.25, -0.2) is 0 Å². The molecule has 3 nitrogen and oxygen atoms in total. The molecule has 4 saturated carbocycles. The molecule has 146 valence electrons. The van der Waals surface area contributed by atoms with Crippen LogP contribution in [0.15, 0.2) is 24.3 Å². The molecule has 4 aliphatic rings. The van der Waals surface area contributed by atoms with Gasteiger partial charge < -0.3 is 4.74 Å². The van der Waals surface area contributed by atoms with Crippen LogP contribution in [0.5, 0.6) is 0 Å². The van der Waals surface area contributed by atoms with E-state index in [9.17, 15) is 9.59 Å². The van der Waals surface area contributed by atoms with Crippen molar-refractivity contribution in [1.82, 2.24) is 0 Å². The minimum absolute atomic E-state index is 0.0624. The SMILES string of the molecule is COC(=O)CC12C[C@H]3C[C@@H](C1)CC(c1ccc(C(=O)C(C)(C)Br)cc1)(C3)C2. The van der Waals surface area contributed by atoms with Gasteiger partial charge in [0.1, 0.15) is 0 Å². The van der Waals surface area contributed by atoms with E-state index in [1.807, 2.05) is 26.0 Å². The number of hydrogen-bond acceptors (Lipinski definition) is 3. The number of ketones is 1. The summed E-state index contributed by atoms with van der Waals surface area (Å²) in [4.78, 5) is 24.6. The molecule has 4 aliphatic carbocycles. The second-order valence-corrected chi connectivity index (χ2v) is 11.9. The predicted molar refractivity (Wildman–Crippen MR) is 109 cm³/mol. The number of ether oxygens (including phenoxy) is 1. The fourth-order valence-corrected chi connectivity index (χ4v) is 6.92. The van der Waals surface area contributed by atoms with Crippen LogP contribution in [0.3, 0.4) is 0 Å². The summed E-state index contributed by atoms with van der Waals surface area (Å²) in [6.07, 6.45) is 7.77. The van der Waals surface area contributed by atoms with Crippen LogP contribution in [0.4, 0.5) is 0 Å². The first-order valence-corrected chi connectivity index (χ1v) is 10.9. The number of carbonyl (C=O) groups excluding carboxylic acids is 2. The molecule has 4 fully saturated rings. The molecule has 0 spiro atoms. The van der Waals surface area contributed by atoms with Crippen molar-refractivity contribution in [3.8, 4) is 0 Å². The molecular weight excluding hydrogens is 404 g/mol. The first-order valence-electron chi connectivity index (χ1n) is 10.1. The van der Waals surface area contributed by atoms with Crippen LogP contribution in [0.25, 0.3) is 0 Å². The maximum Gasteiger partial charge on any atom is 0.306 e. The number of esters is 1. The Kier molecular flexibility index (Phi) is 4.57. The van der Waals surface area contributed by atoms with Crippen molar-refractivity contribution in [3.05, 3.63) is 35.4 Å². The molecule has 27 heavy (non-hydrogen) atoms. The van der Waals surface area contributed by atoms with Gasteiger partial charge in [-0.2, -0.15) is 0 Å². The number of rotatable bonds is 5. The van der Waals surface area contributed by atoms with E-state index in [-0.39, 0.29) is 22.6 Å². The Bertz CT molecular complexity index is 745. The normalized spacial score (nSPS) is 34.5. The second-order valence-electron chi connectivity index (χ2n) is 9.87. The summed E-state index contributed by atoms with van der Waals surface area (Å²) in [6, 6.07) is 8.33. The Hall–Kier alpha value is -1.16. The molecule has 4 atom stereocenters. The van der Waals surface area contributed by atoms with E-state index in [0.717, 1.165) is 23.8 Å². The Balaban J connectivity index is 1.63. The third-order valence-electron chi connectivity index (χ3n) is 7.23. The van der Waals surface area contributed by atoms with E-state index in [4.69, 9.17) is 4.74 Å². The highest BCUT2D eigenvalue weighted by Crippen LogP contribution is 2.66. The Morgan fingerprint density at radius 3 is 2.22 bits per heavy atom. The van der Waals surface area contributed by atoms with Crippen molar-refractivity contribution in [2.24, 2.45) is 17.3 Å². The highest BCUT2D eigenvalue weighted by Gasteiger charge is 2.58. The molecule has 4 heteroatoms. The van der Waals surface area contributed by atoms with E-state index in [2.05, 4.69) is 28.1 Å². The van der Waals surface area contributed by atoms with Gasteiger partial charge in [-0.05, 0) is 80.6 Å². The minimum atomic E-state index is -0.542. The molecule has 5 rings (SSSR count). The summed E-state index contributed by atoms with van der Waals surface area (Å²) in [6.45, 7) is 3.78. The van der Waals surface area contributed by atoms with Gasteiger partial charge in [0.25, 0.3) is 0 Å². The highest BCUT2D eigenvalue weighted by atomic mass is 79.9. The van der Waals surface area contributed by atoms with Crippen LogP contribution in [-0.2, 0) is 14.9 Å². The maximum atomic E-state index is 12.5. The van der Waals surface area contributed by atoms with Gasteiger partial charge >= 0.3 is 5.97 Å². The van der Waals surface area contributed by atoms with Gasteiger partial charge in [0.05, 0.1) is 17.9 Å². The van der Waals surface area contributed by atoms with E-state index < -0.39 is 4.32 Å². The van der Waals surface area contributed by atoms with Crippen LogP contribution in [0, 0.1) is 17.3 Å². The average molecular weight is 433 g/mol. The van der Waals surface area contributed by atoms with Gasteiger partial charge in [0, 0.05) is 5.56 Å². The smallest absolute Gasteiger partial charge is 0.306 e. The van der Waals surface area contributed by atoms with Crippen LogP contribution >= 0.6 is 15.9 Å². The first-order chi connectivity index (χ1) is 12.6. The highest BCUT2D eigenvalue weighted by molar-refractivity contribution is 9.10. The fraction of sp³-hybridized carbons (Fsp3) is 0.652. The van der Waals surface area contributed by atoms with Gasteiger partial charge in [-0.3, -0.25) is 9.59 Å². The van der Waals surface area contributed by atoms with E-state index in [1.54, 1.807) is 0 Å². The van der Waals surface area contributed by atoms with Crippen LogP contribution < -0.4 is 0 Å². The van der Waals surface area contributed by atoms with Gasteiger partial charge in [-0.1, -0.05) is 40.2 Å². The summed E-state index contributed by atoms with van der Waals surface area (Å²) in [5.74, 6) is 1.49. The molecule has 0 N–H and O–H groups in total. The van der Waals surface area contributed by atoms with Gasteiger partial charge in [-0.15, -0.1) is 0 Å². The zero-order chi connectivity index (χ0) is 19.4. The number of benzene rings is 1. The molecule has 0 saturated heterocycles. The maximum absolute atomic E-state index is 12.5. The third-order valence-corrected chi connectivity index (χ3v) is 7.59. The lowest BCUT2D eigenvalue weighted by Gasteiger charge is -2.62. The molecule has 0 radical (unpaired) electrons. The lowest BCUT2D eigenvalue weighted by atomic mass is 9.42. The van der Waals surface area contributed by atoms with E-state index >= 15 is 0 Å². The molecule has 0 amide bonds. The van der Waals surface area contributed by atoms with Crippen LogP contribution in [-0.4, -0.2) is 23.2 Å². The van der Waals surface area contributed by atoms with Gasteiger partial charge in [0.15, 0.2) is 5.78 Å². The Morgan fingerprint density at radius 2 is 1.70 bits per heavy atom. The lowest BCUT2D eigenvalue weighted by Crippen LogP contribution is -2.54. The molecule has 2 unspecified atom stereocenters. The number of Topliss-reactive ketones (excluding diaryl/α,β-unsaturated/α-hetero) is 1. The standard InChI is InChI=1S/C23H29BrO3/c1-21(2,24)20(26)17-4-6-18(7-5-17)23-11-15-8-16(12-23)10-22(9-15,14-23)13-19(25)27-3/h4-7,15-16H,8-14H2,1-3H3/t15-,16+,22?,23?. The summed E-state index contributed by atoms with van der Waals surface area (Å²) < 4.78 is 4.48. The number of methoxy groups -OCH3 is 1. The zero-order valence-electron chi connectivity index (χ0n) is 16.5. The summed E-state index contributed by atoms with van der Waals surface area (Å²) in [5, 5.41) is 0.